The topological polar surface area (TPSA) is 49.8 Å². The van der Waals surface area contributed by atoms with Crippen LogP contribution in [0.4, 0.5) is 0 Å². The predicted molar refractivity (Wildman–Crippen MR) is 26.4 cm³/mol. The molecule has 0 radical (unpaired) electrons. The van der Waals surface area contributed by atoms with Gasteiger partial charge in [-0.25, -0.2) is 0 Å². The number of aliphatic hydroxyl groups is 1. The van der Waals surface area contributed by atoms with Crippen LogP contribution in [0.2, 0.25) is 0 Å². The average molecular weight is 116 g/mol. The molecule has 1 aliphatic heterocycles. The largest absolute Gasteiger partial charge is 0.396 e. The van der Waals surface area contributed by atoms with Crippen molar-refractivity contribution in [2.45, 2.75) is 12.5 Å². The molecule has 0 aromatic heterocycles. The Morgan fingerprint density at radius 2 is 2.50 bits per heavy atom. The van der Waals surface area contributed by atoms with Gasteiger partial charge in [0.25, 0.3) is 0 Å². The first-order valence-electron chi connectivity index (χ1n) is 2.60. The first-order valence-corrected chi connectivity index (χ1v) is 2.60. The molecule has 1 unspecified atom stereocenters. The Hall–Kier alpha value is -0.410. The zero-order valence-corrected chi connectivity index (χ0v) is 4.46. The van der Waals surface area contributed by atoms with Crippen molar-refractivity contribution in [3.8, 4) is 0 Å². The van der Waals surface area contributed by atoms with E-state index in [0.717, 1.165) is 0 Å². The number of epoxide rings is 1. The number of ether oxygens (including phenoxy) is 1. The molecule has 46 valence electrons. The molecule has 8 heavy (non-hydrogen) atoms. The SMILES string of the molecule is O=C(CCO)C1CO1. The fourth-order valence-electron chi connectivity index (χ4n) is 0.505. The first-order chi connectivity index (χ1) is 3.84. The van der Waals surface area contributed by atoms with Crippen molar-refractivity contribution >= 4 is 5.78 Å². The third-order valence-electron chi connectivity index (χ3n) is 1.05. The van der Waals surface area contributed by atoms with Crippen molar-refractivity contribution in [3.05, 3.63) is 0 Å². The molecule has 0 bridgehead atoms. The molecular weight excluding hydrogens is 108 g/mol. The van der Waals surface area contributed by atoms with Crippen molar-refractivity contribution in [3.63, 3.8) is 0 Å². The normalized spacial score (nSPS) is 25.4. The molecule has 1 saturated heterocycles. The molecule has 3 heteroatoms. The van der Waals surface area contributed by atoms with Gasteiger partial charge in [-0.3, -0.25) is 4.79 Å². The maximum Gasteiger partial charge on any atom is 0.166 e. The van der Waals surface area contributed by atoms with E-state index in [1.54, 1.807) is 0 Å². The van der Waals surface area contributed by atoms with E-state index < -0.39 is 0 Å². The molecule has 1 aliphatic rings. The summed E-state index contributed by atoms with van der Waals surface area (Å²) in [5, 5.41) is 8.24. The molecule has 1 fully saturated rings. The molecule has 0 spiro atoms. The van der Waals surface area contributed by atoms with E-state index in [1.807, 2.05) is 0 Å². The molecule has 0 aliphatic carbocycles. The fourth-order valence-corrected chi connectivity index (χ4v) is 0.505. The summed E-state index contributed by atoms with van der Waals surface area (Å²) >= 11 is 0. The molecule has 0 aromatic rings. The van der Waals surface area contributed by atoms with Gasteiger partial charge in [-0.1, -0.05) is 0 Å². The van der Waals surface area contributed by atoms with E-state index in [-0.39, 0.29) is 24.9 Å². The van der Waals surface area contributed by atoms with Gasteiger partial charge < -0.3 is 9.84 Å². The molecule has 1 N–H and O–H groups in total. The first kappa shape index (κ1) is 5.72. The summed E-state index contributed by atoms with van der Waals surface area (Å²) in [4.78, 5) is 10.5. The number of Topliss-reactive ketones (excluding diaryl/α,β-unsaturated/α-hetero) is 1. The Morgan fingerprint density at radius 1 is 1.88 bits per heavy atom. The summed E-state index contributed by atoms with van der Waals surface area (Å²) in [5.74, 6) is 0.0208. The van der Waals surface area contributed by atoms with Gasteiger partial charge in [0, 0.05) is 6.42 Å². The summed E-state index contributed by atoms with van der Waals surface area (Å²) in [6.07, 6.45) is 0.0622. The smallest absolute Gasteiger partial charge is 0.166 e. The second kappa shape index (κ2) is 2.24. The number of hydrogen-bond donors (Lipinski definition) is 1. The maximum atomic E-state index is 10.5. The van der Waals surface area contributed by atoms with E-state index in [4.69, 9.17) is 5.11 Å². The molecule has 0 amide bonds. The quantitative estimate of drug-likeness (QED) is 0.498. The van der Waals surface area contributed by atoms with Crippen LogP contribution in [0.15, 0.2) is 0 Å². The Kier molecular flexibility index (Phi) is 1.60. The van der Waals surface area contributed by atoms with Crippen LogP contribution >= 0.6 is 0 Å². The Morgan fingerprint density at radius 3 is 2.88 bits per heavy atom. The zero-order chi connectivity index (χ0) is 5.98. The fraction of sp³-hybridized carbons (Fsp3) is 0.800. The highest BCUT2D eigenvalue weighted by Crippen LogP contribution is 2.10. The standard InChI is InChI=1S/C5H8O3/c6-2-1-4(7)5-3-8-5/h5-6H,1-3H2. The second-order valence-electron chi connectivity index (χ2n) is 1.76. The van der Waals surface area contributed by atoms with Crippen LogP contribution in [0, 0.1) is 0 Å². The van der Waals surface area contributed by atoms with Crippen LogP contribution in [0.25, 0.3) is 0 Å². The lowest BCUT2D eigenvalue weighted by Crippen LogP contribution is -2.07. The molecule has 1 atom stereocenters. The van der Waals surface area contributed by atoms with E-state index in [2.05, 4.69) is 4.74 Å². The zero-order valence-electron chi connectivity index (χ0n) is 4.46. The average Bonchev–Trinajstić information content (AvgIpc) is 2.45. The van der Waals surface area contributed by atoms with Crippen molar-refractivity contribution < 1.29 is 14.6 Å². The number of hydrogen-bond acceptors (Lipinski definition) is 3. The van der Waals surface area contributed by atoms with Crippen LogP contribution in [0.5, 0.6) is 0 Å². The van der Waals surface area contributed by atoms with Crippen molar-refractivity contribution in [2.75, 3.05) is 13.2 Å². The summed E-state index contributed by atoms with van der Waals surface area (Å²) in [6, 6.07) is 0. The van der Waals surface area contributed by atoms with Crippen molar-refractivity contribution in [2.24, 2.45) is 0 Å². The molecule has 1 rings (SSSR count). The van der Waals surface area contributed by atoms with E-state index in [0.29, 0.717) is 6.61 Å². The molecule has 3 nitrogen and oxygen atoms in total. The number of rotatable bonds is 3. The summed E-state index contributed by atoms with van der Waals surface area (Å²) < 4.78 is 4.66. The highest BCUT2D eigenvalue weighted by atomic mass is 16.6. The number of carbonyl (C=O) groups excluding carboxylic acids is 1. The number of aliphatic hydroxyl groups excluding tert-OH is 1. The van der Waals surface area contributed by atoms with Crippen molar-refractivity contribution in [1.29, 1.82) is 0 Å². The van der Waals surface area contributed by atoms with Crippen LogP contribution in [-0.4, -0.2) is 30.2 Å². The van der Waals surface area contributed by atoms with Gasteiger partial charge >= 0.3 is 0 Å². The summed E-state index contributed by atoms with van der Waals surface area (Å²) in [7, 11) is 0. The monoisotopic (exact) mass is 116 g/mol. The third kappa shape index (κ3) is 1.28. The lowest BCUT2D eigenvalue weighted by molar-refractivity contribution is -0.120. The van der Waals surface area contributed by atoms with Gasteiger partial charge in [-0.15, -0.1) is 0 Å². The minimum Gasteiger partial charge on any atom is -0.396 e. The van der Waals surface area contributed by atoms with E-state index in [1.165, 1.54) is 0 Å². The highest BCUT2D eigenvalue weighted by molar-refractivity contribution is 5.85. The van der Waals surface area contributed by atoms with Crippen LogP contribution < -0.4 is 0 Å². The number of ketones is 1. The minimum atomic E-state index is -0.179. The minimum absolute atomic E-state index is 0.0208. The van der Waals surface area contributed by atoms with Crippen LogP contribution in [0.1, 0.15) is 6.42 Å². The van der Waals surface area contributed by atoms with Gasteiger partial charge in [-0.05, 0) is 0 Å². The van der Waals surface area contributed by atoms with E-state index in [9.17, 15) is 4.79 Å². The Bertz CT molecular complexity index is 95.8. The Labute approximate surface area is 47.3 Å². The van der Waals surface area contributed by atoms with Gasteiger partial charge in [0.15, 0.2) is 5.78 Å². The van der Waals surface area contributed by atoms with Crippen LogP contribution in [0.3, 0.4) is 0 Å². The van der Waals surface area contributed by atoms with Crippen LogP contribution in [-0.2, 0) is 9.53 Å². The highest BCUT2D eigenvalue weighted by Gasteiger charge is 2.29. The Balaban J connectivity index is 2.13. The predicted octanol–water partition coefficient (Wildman–Crippen LogP) is -0.663. The van der Waals surface area contributed by atoms with Gasteiger partial charge in [-0.2, -0.15) is 0 Å². The molecule has 0 saturated carbocycles. The molecule has 0 aromatic carbocycles. The summed E-state index contributed by atoms with van der Waals surface area (Å²) in [6.45, 7) is 0.498. The third-order valence-corrected chi connectivity index (χ3v) is 1.05. The van der Waals surface area contributed by atoms with Crippen molar-refractivity contribution in [1.82, 2.24) is 0 Å². The molecule has 1 heterocycles. The second-order valence-corrected chi connectivity index (χ2v) is 1.76. The lowest BCUT2D eigenvalue weighted by atomic mass is 10.2. The van der Waals surface area contributed by atoms with Gasteiger partial charge in [0.05, 0.1) is 13.2 Å². The summed E-state index contributed by atoms with van der Waals surface area (Å²) in [5.41, 5.74) is 0. The van der Waals surface area contributed by atoms with Gasteiger partial charge in [0.2, 0.25) is 0 Å². The van der Waals surface area contributed by atoms with E-state index >= 15 is 0 Å². The molecular formula is C5H8O3. The number of carbonyl (C=O) groups is 1. The lowest BCUT2D eigenvalue weighted by Gasteiger charge is -1.87. The maximum absolute atomic E-state index is 10.5. The van der Waals surface area contributed by atoms with Gasteiger partial charge in [0.1, 0.15) is 6.10 Å².